The van der Waals surface area contributed by atoms with Crippen LogP contribution in [0.25, 0.3) is 0 Å². The highest BCUT2D eigenvalue weighted by Gasteiger charge is 2.12. The van der Waals surface area contributed by atoms with Gasteiger partial charge in [0.1, 0.15) is 5.75 Å². The van der Waals surface area contributed by atoms with E-state index >= 15 is 0 Å². The fourth-order valence-electron chi connectivity index (χ4n) is 2.62. The molecular formula is C17H27NO. The van der Waals surface area contributed by atoms with Crippen molar-refractivity contribution in [2.24, 2.45) is 5.92 Å². The van der Waals surface area contributed by atoms with Crippen LogP contribution in [-0.2, 0) is 0 Å². The summed E-state index contributed by atoms with van der Waals surface area (Å²) in [6.45, 7) is 5.37. The molecule has 0 saturated heterocycles. The quantitative estimate of drug-likeness (QED) is 0.790. The topological polar surface area (TPSA) is 21.3 Å². The fourth-order valence-corrected chi connectivity index (χ4v) is 2.62. The Balaban J connectivity index is 1.77. The number of hydrogen-bond donors (Lipinski definition) is 1. The lowest BCUT2D eigenvalue weighted by atomic mass is 9.89. The first-order valence-corrected chi connectivity index (χ1v) is 7.78. The number of hydrogen-bond acceptors (Lipinski definition) is 2. The van der Waals surface area contributed by atoms with E-state index in [2.05, 4.69) is 43.4 Å². The van der Waals surface area contributed by atoms with Gasteiger partial charge in [-0.15, -0.1) is 0 Å². The van der Waals surface area contributed by atoms with Crippen LogP contribution in [0.3, 0.4) is 0 Å². The first-order valence-electron chi connectivity index (χ1n) is 7.78. The summed E-state index contributed by atoms with van der Waals surface area (Å²) in [7, 11) is 0. The van der Waals surface area contributed by atoms with Gasteiger partial charge in [-0.25, -0.2) is 0 Å². The maximum Gasteiger partial charge on any atom is 0.119 e. The molecule has 1 aliphatic carbocycles. The zero-order chi connectivity index (χ0) is 13.5. The molecule has 106 valence electrons. The van der Waals surface area contributed by atoms with Crippen molar-refractivity contribution in [2.75, 3.05) is 11.9 Å². The SMILES string of the molecule is CCC(C)Oc1ccc(NCC2CCCCC2)cc1. The van der Waals surface area contributed by atoms with Gasteiger partial charge in [0.05, 0.1) is 6.10 Å². The molecule has 2 heteroatoms. The highest BCUT2D eigenvalue weighted by molar-refractivity contribution is 5.46. The lowest BCUT2D eigenvalue weighted by Crippen LogP contribution is -2.17. The summed E-state index contributed by atoms with van der Waals surface area (Å²) in [5.74, 6) is 1.84. The normalized spacial score (nSPS) is 18.0. The van der Waals surface area contributed by atoms with Gasteiger partial charge in [0.2, 0.25) is 0 Å². The number of rotatable bonds is 6. The van der Waals surface area contributed by atoms with Gasteiger partial charge < -0.3 is 10.1 Å². The molecule has 0 spiro atoms. The molecule has 0 aromatic heterocycles. The molecule has 1 aromatic carbocycles. The number of anilines is 1. The van der Waals surface area contributed by atoms with Gasteiger partial charge in [0.15, 0.2) is 0 Å². The fraction of sp³-hybridized carbons (Fsp3) is 0.647. The van der Waals surface area contributed by atoms with Crippen molar-refractivity contribution in [3.05, 3.63) is 24.3 Å². The predicted octanol–water partition coefficient (Wildman–Crippen LogP) is 4.86. The summed E-state index contributed by atoms with van der Waals surface area (Å²) >= 11 is 0. The molecule has 0 heterocycles. The molecule has 19 heavy (non-hydrogen) atoms. The van der Waals surface area contributed by atoms with Crippen molar-refractivity contribution in [2.45, 2.75) is 58.5 Å². The van der Waals surface area contributed by atoms with Gasteiger partial charge >= 0.3 is 0 Å². The molecule has 0 aliphatic heterocycles. The van der Waals surface area contributed by atoms with Crippen LogP contribution in [0.2, 0.25) is 0 Å². The van der Waals surface area contributed by atoms with Gasteiger partial charge in [-0.05, 0) is 56.4 Å². The molecule has 1 fully saturated rings. The van der Waals surface area contributed by atoms with Crippen LogP contribution in [0.5, 0.6) is 5.75 Å². The maximum atomic E-state index is 5.79. The van der Waals surface area contributed by atoms with Crippen LogP contribution in [-0.4, -0.2) is 12.6 Å². The van der Waals surface area contributed by atoms with Crippen molar-refractivity contribution in [1.82, 2.24) is 0 Å². The van der Waals surface area contributed by atoms with Gasteiger partial charge in [0, 0.05) is 12.2 Å². The lowest BCUT2D eigenvalue weighted by Gasteiger charge is -2.22. The van der Waals surface area contributed by atoms with Crippen molar-refractivity contribution < 1.29 is 4.74 Å². The van der Waals surface area contributed by atoms with E-state index < -0.39 is 0 Å². The van der Waals surface area contributed by atoms with E-state index in [1.54, 1.807) is 0 Å². The van der Waals surface area contributed by atoms with Gasteiger partial charge in [-0.2, -0.15) is 0 Å². The highest BCUT2D eigenvalue weighted by Crippen LogP contribution is 2.24. The Bertz CT molecular complexity index is 354. The van der Waals surface area contributed by atoms with E-state index in [4.69, 9.17) is 4.74 Å². The Morgan fingerprint density at radius 2 is 1.84 bits per heavy atom. The van der Waals surface area contributed by atoms with E-state index in [0.717, 1.165) is 24.6 Å². The second kappa shape index (κ2) is 7.42. The minimum Gasteiger partial charge on any atom is -0.491 e. The Kier molecular flexibility index (Phi) is 5.56. The smallest absolute Gasteiger partial charge is 0.119 e. The molecule has 1 unspecified atom stereocenters. The predicted molar refractivity (Wildman–Crippen MR) is 81.9 cm³/mol. The first kappa shape index (κ1) is 14.2. The molecule has 1 atom stereocenters. The molecule has 1 aliphatic rings. The van der Waals surface area contributed by atoms with Crippen LogP contribution < -0.4 is 10.1 Å². The molecule has 0 amide bonds. The molecule has 0 radical (unpaired) electrons. The van der Waals surface area contributed by atoms with E-state index in [1.807, 2.05) is 0 Å². The molecule has 1 saturated carbocycles. The maximum absolute atomic E-state index is 5.79. The number of ether oxygens (including phenoxy) is 1. The van der Waals surface area contributed by atoms with Crippen LogP contribution in [0, 0.1) is 5.92 Å². The minimum absolute atomic E-state index is 0.293. The highest BCUT2D eigenvalue weighted by atomic mass is 16.5. The van der Waals surface area contributed by atoms with Crippen molar-refractivity contribution in [3.63, 3.8) is 0 Å². The summed E-state index contributed by atoms with van der Waals surface area (Å²) in [6, 6.07) is 8.38. The summed E-state index contributed by atoms with van der Waals surface area (Å²) in [5, 5.41) is 3.55. The van der Waals surface area contributed by atoms with Crippen LogP contribution in [0.15, 0.2) is 24.3 Å². The van der Waals surface area contributed by atoms with Crippen LogP contribution >= 0.6 is 0 Å². The largest absolute Gasteiger partial charge is 0.491 e. The third-order valence-corrected chi connectivity index (χ3v) is 4.09. The van der Waals surface area contributed by atoms with Crippen molar-refractivity contribution in [3.8, 4) is 5.75 Å². The number of nitrogens with one attached hydrogen (secondary N) is 1. The monoisotopic (exact) mass is 261 g/mol. The van der Waals surface area contributed by atoms with Crippen molar-refractivity contribution >= 4 is 5.69 Å². The first-order chi connectivity index (χ1) is 9.28. The molecule has 2 nitrogen and oxygen atoms in total. The standard InChI is InChI=1S/C17H27NO/c1-3-14(2)19-17-11-9-16(10-12-17)18-13-15-7-5-4-6-8-15/h9-12,14-15,18H,3-8,13H2,1-2H3. The third-order valence-electron chi connectivity index (χ3n) is 4.09. The average Bonchev–Trinajstić information content (AvgIpc) is 2.47. The van der Waals surface area contributed by atoms with Gasteiger partial charge in [-0.3, -0.25) is 0 Å². The van der Waals surface area contributed by atoms with Crippen LogP contribution in [0.4, 0.5) is 5.69 Å². The van der Waals surface area contributed by atoms with Crippen LogP contribution in [0.1, 0.15) is 52.4 Å². The minimum atomic E-state index is 0.293. The third kappa shape index (κ3) is 4.77. The Morgan fingerprint density at radius 3 is 2.47 bits per heavy atom. The van der Waals surface area contributed by atoms with E-state index in [-0.39, 0.29) is 0 Å². The van der Waals surface area contributed by atoms with E-state index in [9.17, 15) is 0 Å². The molecule has 1 aromatic rings. The van der Waals surface area contributed by atoms with Gasteiger partial charge in [0.25, 0.3) is 0 Å². The number of benzene rings is 1. The second-order valence-electron chi connectivity index (χ2n) is 5.75. The molecular weight excluding hydrogens is 234 g/mol. The summed E-state index contributed by atoms with van der Waals surface area (Å²) in [5.41, 5.74) is 1.21. The Hall–Kier alpha value is -1.18. The summed E-state index contributed by atoms with van der Waals surface area (Å²) in [6.07, 6.45) is 8.37. The average molecular weight is 261 g/mol. The summed E-state index contributed by atoms with van der Waals surface area (Å²) in [4.78, 5) is 0. The molecule has 2 rings (SSSR count). The van der Waals surface area contributed by atoms with E-state index in [1.165, 1.54) is 37.8 Å². The zero-order valence-corrected chi connectivity index (χ0v) is 12.3. The summed E-state index contributed by atoms with van der Waals surface area (Å²) < 4.78 is 5.79. The zero-order valence-electron chi connectivity index (χ0n) is 12.3. The Morgan fingerprint density at radius 1 is 1.16 bits per heavy atom. The Labute approximate surface area is 117 Å². The van der Waals surface area contributed by atoms with Gasteiger partial charge in [-0.1, -0.05) is 26.2 Å². The molecule has 0 bridgehead atoms. The van der Waals surface area contributed by atoms with E-state index in [0.29, 0.717) is 6.10 Å². The van der Waals surface area contributed by atoms with Crippen molar-refractivity contribution in [1.29, 1.82) is 0 Å². The molecule has 1 N–H and O–H groups in total. The lowest BCUT2D eigenvalue weighted by molar-refractivity contribution is 0.217. The second-order valence-corrected chi connectivity index (χ2v) is 5.75.